The predicted molar refractivity (Wildman–Crippen MR) is 85.0 cm³/mol. The highest BCUT2D eigenvalue weighted by atomic mass is 14.1. The summed E-state index contributed by atoms with van der Waals surface area (Å²) in [6.45, 7) is 12.3. The summed E-state index contributed by atoms with van der Waals surface area (Å²) in [5, 5.41) is 2.59. The van der Waals surface area contributed by atoms with Crippen LogP contribution in [0.3, 0.4) is 0 Å². The van der Waals surface area contributed by atoms with Gasteiger partial charge in [-0.15, -0.1) is 0 Å². The van der Waals surface area contributed by atoms with E-state index in [1.165, 1.54) is 27.5 Å². The first-order valence-corrected chi connectivity index (χ1v) is 5.99. The third-order valence-electron chi connectivity index (χ3n) is 3.20. The predicted octanol–water partition coefficient (Wildman–Crippen LogP) is 5.89. The highest BCUT2D eigenvalue weighted by molar-refractivity contribution is 5.96. The lowest BCUT2D eigenvalue weighted by molar-refractivity contribution is 0.876. The Labute approximate surface area is 111 Å². The summed E-state index contributed by atoms with van der Waals surface area (Å²) in [6.07, 6.45) is 3.83. The first-order valence-electron chi connectivity index (χ1n) is 5.99. The maximum atomic E-state index is 3.92. The van der Waals surface area contributed by atoms with E-state index < -0.39 is 0 Å². The molecule has 0 N–H and O–H groups in total. The molecule has 0 aliphatic rings. The van der Waals surface area contributed by atoms with Gasteiger partial charge in [0.05, 0.1) is 0 Å². The van der Waals surface area contributed by atoms with Crippen molar-refractivity contribution < 1.29 is 0 Å². The minimum atomic E-state index is 0. The maximum Gasteiger partial charge on any atom is -0.0103 e. The molecule has 0 aliphatic carbocycles. The molecule has 0 saturated carbocycles. The van der Waals surface area contributed by atoms with Crippen molar-refractivity contribution >= 4 is 22.9 Å². The normalized spacial score (nSPS) is 10.2. The smallest absolute Gasteiger partial charge is 0.0103 e. The molecule has 0 amide bonds. The number of hydrogen-bond donors (Lipinski definition) is 0. The number of rotatable bonds is 3. The molecule has 0 aliphatic heterocycles. The molecule has 0 heteroatoms. The van der Waals surface area contributed by atoms with E-state index >= 15 is 0 Å². The molecule has 2 aromatic rings. The fraction of sp³-hybridized carbons (Fsp3) is 0.222. The Morgan fingerprint density at radius 3 is 2.11 bits per heavy atom. The first-order chi connectivity index (χ1) is 8.19. The summed E-state index contributed by atoms with van der Waals surface area (Å²) in [5.74, 6) is 0.512. The van der Waals surface area contributed by atoms with E-state index in [-0.39, 0.29) is 7.43 Å². The van der Waals surface area contributed by atoms with Gasteiger partial charge in [0.25, 0.3) is 0 Å². The highest BCUT2D eigenvalue weighted by Crippen LogP contribution is 2.31. The second-order valence-electron chi connectivity index (χ2n) is 4.58. The zero-order valence-corrected chi connectivity index (χ0v) is 10.5. The van der Waals surface area contributed by atoms with Gasteiger partial charge < -0.3 is 0 Å². The van der Waals surface area contributed by atoms with Crippen molar-refractivity contribution in [1.29, 1.82) is 0 Å². The maximum absolute atomic E-state index is 3.92. The Bertz CT molecular complexity index is 574. The second kappa shape index (κ2) is 5.68. The van der Waals surface area contributed by atoms with Gasteiger partial charge in [-0.25, -0.2) is 0 Å². The summed E-state index contributed by atoms with van der Waals surface area (Å²) in [5.41, 5.74) is 3.73. The van der Waals surface area contributed by atoms with Gasteiger partial charge in [0.1, 0.15) is 0 Å². The first kappa shape index (κ1) is 14.2. The summed E-state index contributed by atoms with van der Waals surface area (Å²) >= 11 is 0. The monoisotopic (exact) mass is 238 g/mol. The van der Waals surface area contributed by atoms with E-state index in [0.717, 1.165) is 0 Å². The molecular formula is C18H22. The van der Waals surface area contributed by atoms with Crippen molar-refractivity contribution in [3.05, 3.63) is 60.2 Å². The van der Waals surface area contributed by atoms with E-state index in [1.54, 1.807) is 0 Å². The van der Waals surface area contributed by atoms with Crippen LogP contribution < -0.4 is 0 Å². The molecule has 0 atom stereocenters. The van der Waals surface area contributed by atoms with Crippen molar-refractivity contribution in [2.45, 2.75) is 27.2 Å². The van der Waals surface area contributed by atoms with Crippen LogP contribution in [0, 0.1) is 0 Å². The molecule has 0 radical (unpaired) electrons. The molecule has 18 heavy (non-hydrogen) atoms. The van der Waals surface area contributed by atoms with Crippen LogP contribution in [0.15, 0.2) is 43.5 Å². The van der Waals surface area contributed by atoms with Crippen LogP contribution in [0.2, 0.25) is 0 Å². The van der Waals surface area contributed by atoms with Crippen LogP contribution in [-0.2, 0) is 0 Å². The van der Waals surface area contributed by atoms with Crippen LogP contribution in [0.25, 0.3) is 22.9 Å². The Morgan fingerprint density at radius 1 is 1.00 bits per heavy atom. The van der Waals surface area contributed by atoms with Gasteiger partial charge >= 0.3 is 0 Å². The van der Waals surface area contributed by atoms with Crippen molar-refractivity contribution in [3.8, 4) is 0 Å². The largest absolute Gasteiger partial charge is 0.0984 e. The molecule has 94 valence electrons. The Hall–Kier alpha value is -1.82. The quantitative estimate of drug-likeness (QED) is 0.626. The standard InChI is InChI=1S/C17H18.CH4/c1-5-13-11-17(12(3)4)16-10-8-7-9-15(16)14(13)6-2;/h5-12H,1-2H2,3-4H3;1H4. The average Bonchev–Trinajstić information content (AvgIpc) is 2.36. The van der Waals surface area contributed by atoms with E-state index in [9.17, 15) is 0 Å². The van der Waals surface area contributed by atoms with Crippen LogP contribution in [0.4, 0.5) is 0 Å². The van der Waals surface area contributed by atoms with Crippen molar-refractivity contribution in [3.63, 3.8) is 0 Å². The fourth-order valence-electron chi connectivity index (χ4n) is 2.32. The van der Waals surface area contributed by atoms with Crippen molar-refractivity contribution in [2.24, 2.45) is 0 Å². The number of hydrogen-bond acceptors (Lipinski definition) is 0. The average molecular weight is 238 g/mol. The van der Waals surface area contributed by atoms with Crippen molar-refractivity contribution in [1.82, 2.24) is 0 Å². The molecule has 0 spiro atoms. The molecule has 2 aromatic carbocycles. The van der Waals surface area contributed by atoms with E-state index in [2.05, 4.69) is 57.3 Å². The lowest BCUT2D eigenvalue weighted by Gasteiger charge is -2.15. The summed E-state index contributed by atoms with van der Waals surface area (Å²) in [6, 6.07) is 10.7. The molecule has 0 aromatic heterocycles. The number of benzene rings is 2. The molecular weight excluding hydrogens is 216 g/mol. The molecule has 0 unspecified atom stereocenters. The third-order valence-corrected chi connectivity index (χ3v) is 3.20. The van der Waals surface area contributed by atoms with Crippen molar-refractivity contribution in [2.75, 3.05) is 0 Å². The van der Waals surface area contributed by atoms with E-state index in [1.807, 2.05) is 12.2 Å². The molecule has 0 saturated heterocycles. The molecule has 0 heterocycles. The zero-order valence-electron chi connectivity index (χ0n) is 10.5. The topological polar surface area (TPSA) is 0 Å². The Balaban J connectivity index is 0.00000162. The SMILES string of the molecule is C.C=Cc1cc(C(C)C)c2ccccc2c1C=C. The van der Waals surface area contributed by atoms with Gasteiger partial charge in [0.15, 0.2) is 0 Å². The van der Waals surface area contributed by atoms with Gasteiger partial charge in [0.2, 0.25) is 0 Å². The minimum absolute atomic E-state index is 0. The Kier molecular flexibility index (Phi) is 4.49. The van der Waals surface area contributed by atoms with E-state index in [0.29, 0.717) is 5.92 Å². The van der Waals surface area contributed by atoms with Gasteiger partial charge in [0, 0.05) is 0 Å². The van der Waals surface area contributed by atoms with Gasteiger partial charge in [-0.2, -0.15) is 0 Å². The zero-order chi connectivity index (χ0) is 12.4. The summed E-state index contributed by atoms with van der Waals surface area (Å²) in [4.78, 5) is 0. The minimum Gasteiger partial charge on any atom is -0.0984 e. The van der Waals surface area contributed by atoms with Crippen LogP contribution in [0.1, 0.15) is 43.9 Å². The second-order valence-corrected chi connectivity index (χ2v) is 4.58. The summed E-state index contributed by atoms with van der Waals surface area (Å²) in [7, 11) is 0. The molecule has 2 rings (SSSR count). The van der Waals surface area contributed by atoms with Crippen LogP contribution in [-0.4, -0.2) is 0 Å². The van der Waals surface area contributed by atoms with Gasteiger partial charge in [-0.1, -0.05) is 76.9 Å². The third kappa shape index (κ3) is 2.24. The molecule has 0 nitrogen and oxygen atoms in total. The number of fused-ring (bicyclic) bond motifs is 1. The lowest BCUT2D eigenvalue weighted by atomic mass is 9.90. The van der Waals surface area contributed by atoms with Crippen LogP contribution >= 0.6 is 0 Å². The summed E-state index contributed by atoms with van der Waals surface area (Å²) < 4.78 is 0. The molecule has 0 fully saturated rings. The Morgan fingerprint density at radius 2 is 1.61 bits per heavy atom. The lowest BCUT2D eigenvalue weighted by Crippen LogP contribution is -1.94. The molecule has 0 bridgehead atoms. The van der Waals surface area contributed by atoms with E-state index in [4.69, 9.17) is 0 Å². The highest BCUT2D eigenvalue weighted by Gasteiger charge is 2.10. The fourth-order valence-corrected chi connectivity index (χ4v) is 2.32. The van der Waals surface area contributed by atoms with Gasteiger partial charge in [-0.3, -0.25) is 0 Å². The van der Waals surface area contributed by atoms with Crippen LogP contribution in [0.5, 0.6) is 0 Å². The van der Waals surface area contributed by atoms with Gasteiger partial charge in [-0.05, 0) is 33.4 Å².